The molecule has 0 saturated carbocycles. The average Bonchev–Trinajstić information content (AvgIpc) is 3.82. The highest BCUT2D eigenvalue weighted by Gasteiger charge is 2.40. The Hall–Kier alpha value is -8.72. The fourth-order valence-corrected chi connectivity index (χ4v) is 12.8. The molecule has 2 nitrogen and oxygen atoms in total. The second kappa shape index (κ2) is 15.9. The molecule has 0 heterocycles. The fraction of sp³-hybridized carbons (Fsp3) is 0.0857. The van der Waals surface area contributed by atoms with Crippen molar-refractivity contribution in [1.82, 2.24) is 0 Å². The van der Waals surface area contributed by atoms with Crippen LogP contribution in [-0.4, -0.2) is 0 Å². The minimum absolute atomic E-state index is 0.159. The van der Waals surface area contributed by atoms with Crippen LogP contribution in [0.2, 0.25) is 0 Å². The first-order valence-electron chi connectivity index (χ1n) is 25.4. The molecule has 72 heavy (non-hydrogen) atoms. The fourth-order valence-electron chi connectivity index (χ4n) is 12.8. The van der Waals surface area contributed by atoms with Crippen molar-refractivity contribution >= 4 is 66.4 Å². The van der Waals surface area contributed by atoms with Crippen LogP contribution in [0.1, 0.15) is 49.9 Å². The lowest BCUT2D eigenvalue weighted by Crippen LogP contribution is -2.16. The van der Waals surface area contributed by atoms with Gasteiger partial charge in [-0.1, -0.05) is 234 Å². The molecule has 0 aliphatic heterocycles. The van der Waals surface area contributed by atoms with Crippen LogP contribution in [-0.2, 0) is 10.8 Å². The van der Waals surface area contributed by atoms with Gasteiger partial charge in [0.1, 0.15) is 0 Å². The summed E-state index contributed by atoms with van der Waals surface area (Å²) in [6.45, 7) is 9.51. The van der Waals surface area contributed by atoms with Gasteiger partial charge in [0.15, 0.2) is 0 Å². The molecule has 0 saturated heterocycles. The van der Waals surface area contributed by atoms with Crippen molar-refractivity contribution in [1.29, 1.82) is 0 Å². The Morgan fingerprint density at radius 3 is 1.01 bits per heavy atom. The topological polar surface area (TPSA) is 6.48 Å². The predicted molar refractivity (Wildman–Crippen MR) is 306 cm³/mol. The van der Waals surface area contributed by atoms with Gasteiger partial charge in [-0.2, -0.15) is 0 Å². The summed E-state index contributed by atoms with van der Waals surface area (Å²) in [7, 11) is 0. The normalized spacial score (nSPS) is 13.8. The molecular weight excluding hydrogens is 869 g/mol. The summed E-state index contributed by atoms with van der Waals surface area (Å²) in [6, 6.07) is 90.5. The number of rotatable bonds is 8. The highest BCUT2D eigenvalue weighted by molar-refractivity contribution is 6.28. The average molecular weight is 921 g/mol. The Labute approximate surface area is 422 Å². The maximum atomic E-state index is 2.57. The molecule has 0 fully saturated rings. The first kappa shape index (κ1) is 42.2. The summed E-state index contributed by atoms with van der Waals surface area (Å²) < 4.78 is 0. The lowest BCUT2D eigenvalue weighted by Gasteiger charge is -2.33. The molecule has 0 N–H and O–H groups in total. The second-order valence-electron chi connectivity index (χ2n) is 20.8. The van der Waals surface area contributed by atoms with Crippen LogP contribution in [0.4, 0.5) is 34.1 Å². The van der Waals surface area contributed by atoms with Gasteiger partial charge in [0, 0.05) is 43.9 Å². The molecule has 0 radical (unpaired) electrons. The Bertz CT molecular complexity index is 3840. The minimum atomic E-state index is -0.159. The lowest BCUT2D eigenvalue weighted by molar-refractivity contribution is 0.660. The lowest BCUT2D eigenvalue weighted by atomic mass is 9.82. The smallest absolute Gasteiger partial charge is 0.0543 e. The highest BCUT2D eigenvalue weighted by Crippen LogP contribution is 2.58. The van der Waals surface area contributed by atoms with Gasteiger partial charge in [-0.3, -0.25) is 0 Å². The van der Waals surface area contributed by atoms with Gasteiger partial charge < -0.3 is 9.80 Å². The number of hydrogen-bond acceptors (Lipinski definition) is 2. The van der Waals surface area contributed by atoms with E-state index in [-0.39, 0.29) is 10.8 Å². The number of anilines is 6. The van der Waals surface area contributed by atoms with Gasteiger partial charge in [0.25, 0.3) is 0 Å². The first-order valence-corrected chi connectivity index (χ1v) is 25.4. The van der Waals surface area contributed by atoms with Crippen LogP contribution in [0.25, 0.3) is 76.8 Å². The Morgan fingerprint density at radius 2 is 0.583 bits per heavy atom. The van der Waals surface area contributed by atoms with Crippen molar-refractivity contribution in [2.75, 3.05) is 9.80 Å². The molecule has 14 rings (SSSR count). The van der Waals surface area contributed by atoms with E-state index in [0.717, 1.165) is 22.7 Å². The molecular formula is C70H52N2. The molecule has 0 atom stereocenters. The number of fused-ring (bicyclic) bond motifs is 6. The third-order valence-electron chi connectivity index (χ3n) is 16.2. The van der Waals surface area contributed by atoms with Gasteiger partial charge in [-0.05, 0) is 102 Å². The maximum Gasteiger partial charge on any atom is 0.0543 e. The zero-order valence-corrected chi connectivity index (χ0v) is 41.0. The van der Waals surface area contributed by atoms with E-state index < -0.39 is 0 Å². The molecule has 0 spiro atoms. The molecule has 0 amide bonds. The number of nitrogens with zero attached hydrogens (tertiary/aromatic N) is 2. The zero-order valence-electron chi connectivity index (χ0n) is 41.0. The summed E-state index contributed by atoms with van der Waals surface area (Å²) in [6.07, 6.45) is 0. The SMILES string of the molecule is CC1(C)c2ccccc2-c2c(N(c3ccccc3-c3ccccc3)c3ccc4ccc5c(N(c6ccccc6-c6ccccc6)c6cccc7c6-c6ccccc6C7(C)C)ccc6ccc3c4c65)cccc21. The van der Waals surface area contributed by atoms with E-state index in [1.807, 2.05) is 0 Å². The largest absolute Gasteiger partial charge is 0.309 e. The van der Waals surface area contributed by atoms with Gasteiger partial charge in [-0.15, -0.1) is 0 Å². The van der Waals surface area contributed by atoms with Gasteiger partial charge in [0.05, 0.1) is 34.1 Å². The van der Waals surface area contributed by atoms with Crippen molar-refractivity contribution in [3.05, 3.63) is 265 Å². The first-order chi connectivity index (χ1) is 35.3. The van der Waals surface area contributed by atoms with Crippen molar-refractivity contribution < 1.29 is 0 Å². The third-order valence-corrected chi connectivity index (χ3v) is 16.2. The van der Waals surface area contributed by atoms with E-state index in [9.17, 15) is 0 Å². The van der Waals surface area contributed by atoms with Crippen LogP contribution >= 0.6 is 0 Å². The van der Waals surface area contributed by atoms with E-state index in [1.54, 1.807) is 0 Å². The molecule has 342 valence electrons. The summed E-state index contributed by atoms with van der Waals surface area (Å²) in [5, 5.41) is 7.39. The quantitative estimate of drug-likeness (QED) is 0.140. The predicted octanol–water partition coefficient (Wildman–Crippen LogP) is 19.5. The number of para-hydroxylation sites is 2. The Balaban J connectivity index is 1.06. The molecule has 12 aromatic carbocycles. The van der Waals surface area contributed by atoms with Crippen LogP contribution in [0, 0.1) is 0 Å². The van der Waals surface area contributed by atoms with Crippen LogP contribution in [0.15, 0.2) is 243 Å². The minimum Gasteiger partial charge on any atom is -0.309 e. The van der Waals surface area contributed by atoms with Gasteiger partial charge in [-0.25, -0.2) is 0 Å². The number of benzene rings is 12. The Morgan fingerprint density at radius 1 is 0.250 bits per heavy atom. The monoisotopic (exact) mass is 920 g/mol. The number of hydrogen-bond donors (Lipinski definition) is 0. The molecule has 0 aromatic heterocycles. The Kier molecular flexibility index (Phi) is 9.32. The van der Waals surface area contributed by atoms with Crippen molar-refractivity contribution in [3.8, 4) is 44.5 Å². The summed E-state index contributed by atoms with van der Waals surface area (Å²) in [4.78, 5) is 5.14. The second-order valence-corrected chi connectivity index (χ2v) is 20.8. The molecule has 2 aliphatic carbocycles. The third kappa shape index (κ3) is 6.09. The van der Waals surface area contributed by atoms with E-state index in [1.165, 1.54) is 110 Å². The zero-order chi connectivity index (χ0) is 48.3. The van der Waals surface area contributed by atoms with E-state index >= 15 is 0 Å². The summed E-state index contributed by atoms with van der Waals surface area (Å²) >= 11 is 0. The van der Waals surface area contributed by atoms with Crippen molar-refractivity contribution in [2.24, 2.45) is 0 Å². The van der Waals surface area contributed by atoms with Gasteiger partial charge >= 0.3 is 0 Å². The van der Waals surface area contributed by atoms with E-state index in [0.29, 0.717) is 0 Å². The maximum absolute atomic E-state index is 2.57. The van der Waals surface area contributed by atoms with Crippen molar-refractivity contribution in [3.63, 3.8) is 0 Å². The molecule has 0 bridgehead atoms. The van der Waals surface area contributed by atoms with Crippen LogP contribution in [0.5, 0.6) is 0 Å². The molecule has 0 unspecified atom stereocenters. The standard InChI is InChI=1S/C70H52N2/c1-69(2)55-29-15-11-27-51(55)67-57(69)31-19-35-63(67)71(59-33-17-13-25-49(59)45-21-7-5-8-22-45)61-43-39-47-38-42-54-62(44-40-48-37-41-53(61)65(47)66(48)54)72(60-34-18-14-26-50(60)46-23-9-6-10-24-46)64-36-20-32-58-68(64)52-28-12-16-30-56(52)70(58,3)4/h5-44H,1-4H3. The highest BCUT2D eigenvalue weighted by atomic mass is 15.2. The van der Waals surface area contributed by atoms with Crippen molar-refractivity contribution in [2.45, 2.75) is 38.5 Å². The summed E-state index contributed by atoms with van der Waals surface area (Å²) in [5.41, 5.74) is 21.9. The van der Waals surface area contributed by atoms with Crippen LogP contribution in [0.3, 0.4) is 0 Å². The van der Waals surface area contributed by atoms with E-state index in [2.05, 4.69) is 280 Å². The van der Waals surface area contributed by atoms with E-state index in [4.69, 9.17) is 0 Å². The molecule has 12 aromatic rings. The van der Waals surface area contributed by atoms with Crippen LogP contribution < -0.4 is 9.80 Å². The molecule has 2 heteroatoms. The van der Waals surface area contributed by atoms with Gasteiger partial charge in [0.2, 0.25) is 0 Å². The molecule has 2 aliphatic rings. The summed E-state index contributed by atoms with van der Waals surface area (Å²) in [5.74, 6) is 0.